The van der Waals surface area contributed by atoms with E-state index in [1.165, 1.54) is 0 Å². The summed E-state index contributed by atoms with van der Waals surface area (Å²) in [6.45, 7) is 1.90. The largest absolute Gasteiger partial charge is 0.481 e. The molecule has 0 saturated carbocycles. The van der Waals surface area contributed by atoms with E-state index in [9.17, 15) is 0 Å². The zero-order valence-electron chi connectivity index (χ0n) is 8.90. The quantitative estimate of drug-likeness (QED) is 0.759. The van der Waals surface area contributed by atoms with Gasteiger partial charge in [0.2, 0.25) is 5.88 Å². The van der Waals surface area contributed by atoms with Crippen molar-refractivity contribution in [2.24, 2.45) is 7.05 Å². The van der Waals surface area contributed by atoms with Gasteiger partial charge in [0.05, 0.1) is 12.8 Å². The number of aromatic nitrogens is 4. The Bertz CT molecular complexity index is 485. The number of nitrogens with zero attached hydrogens (tertiary/aromatic N) is 3. The van der Waals surface area contributed by atoms with Gasteiger partial charge in [0.1, 0.15) is 11.5 Å². The van der Waals surface area contributed by atoms with Crippen LogP contribution in [0.2, 0.25) is 0 Å². The molecule has 0 amide bonds. The highest BCUT2D eigenvalue weighted by atomic mass is 16.5. The Morgan fingerprint density at radius 3 is 2.73 bits per heavy atom. The zero-order chi connectivity index (χ0) is 11.0. The van der Waals surface area contributed by atoms with E-state index in [0.29, 0.717) is 11.7 Å². The van der Waals surface area contributed by atoms with Gasteiger partial charge in [0.15, 0.2) is 0 Å². The molecule has 0 aliphatic heterocycles. The highest BCUT2D eigenvalue weighted by Crippen LogP contribution is 2.25. The number of aromatic amines is 1. The first-order valence-corrected chi connectivity index (χ1v) is 4.52. The Morgan fingerprint density at radius 1 is 1.53 bits per heavy atom. The topological polar surface area (TPSA) is 81.8 Å². The third-order valence-electron chi connectivity index (χ3n) is 2.35. The maximum atomic E-state index is 5.65. The van der Waals surface area contributed by atoms with Crippen molar-refractivity contribution in [2.45, 2.75) is 6.92 Å². The number of methoxy groups -OCH3 is 1. The number of hydrogen-bond acceptors (Lipinski definition) is 4. The third-order valence-corrected chi connectivity index (χ3v) is 2.35. The van der Waals surface area contributed by atoms with Gasteiger partial charge in [-0.05, 0) is 6.92 Å². The molecular weight excluding hydrogens is 194 g/mol. The lowest BCUT2D eigenvalue weighted by Gasteiger charge is -1.95. The van der Waals surface area contributed by atoms with E-state index in [-0.39, 0.29) is 0 Å². The number of nitrogens with two attached hydrogens (primary N) is 1. The smallest absolute Gasteiger partial charge is 0.211 e. The minimum atomic E-state index is 0.495. The summed E-state index contributed by atoms with van der Waals surface area (Å²) in [4.78, 5) is 0. The van der Waals surface area contributed by atoms with Gasteiger partial charge in [0.25, 0.3) is 0 Å². The standard InChI is InChI=1S/C9H13N5O/c1-5-8(11-12-9(5)10)6-4-7(15-3)14(2)13-6/h4H,1-3H3,(H3,10,11,12). The normalized spacial score (nSPS) is 10.6. The molecule has 0 aliphatic rings. The number of ether oxygens (including phenoxy) is 1. The molecule has 0 aliphatic carbocycles. The second-order valence-corrected chi connectivity index (χ2v) is 3.30. The van der Waals surface area contributed by atoms with Crippen molar-refractivity contribution in [3.63, 3.8) is 0 Å². The lowest BCUT2D eigenvalue weighted by molar-refractivity contribution is 0.373. The van der Waals surface area contributed by atoms with Crippen LogP contribution in [-0.4, -0.2) is 27.1 Å². The Balaban J connectivity index is 2.50. The van der Waals surface area contributed by atoms with Gasteiger partial charge in [-0.3, -0.25) is 5.10 Å². The molecule has 0 unspecified atom stereocenters. The number of rotatable bonds is 2. The van der Waals surface area contributed by atoms with Crippen LogP contribution < -0.4 is 10.5 Å². The van der Waals surface area contributed by atoms with Crippen molar-refractivity contribution < 1.29 is 4.74 Å². The molecular formula is C9H13N5O. The van der Waals surface area contributed by atoms with Gasteiger partial charge in [-0.15, -0.1) is 0 Å². The molecule has 0 aromatic carbocycles. The average Bonchev–Trinajstić information content (AvgIpc) is 2.72. The summed E-state index contributed by atoms with van der Waals surface area (Å²) in [7, 11) is 3.42. The van der Waals surface area contributed by atoms with Crippen LogP contribution in [0, 0.1) is 6.92 Å². The van der Waals surface area contributed by atoms with Crippen LogP contribution in [0.15, 0.2) is 6.07 Å². The lowest BCUT2D eigenvalue weighted by atomic mass is 10.2. The summed E-state index contributed by atoms with van der Waals surface area (Å²) < 4.78 is 6.79. The van der Waals surface area contributed by atoms with Crippen LogP contribution >= 0.6 is 0 Å². The molecule has 2 rings (SSSR count). The zero-order valence-corrected chi connectivity index (χ0v) is 8.90. The Morgan fingerprint density at radius 2 is 2.27 bits per heavy atom. The van der Waals surface area contributed by atoms with Crippen LogP contribution in [0.1, 0.15) is 5.56 Å². The first-order chi connectivity index (χ1) is 7.13. The summed E-state index contributed by atoms with van der Waals surface area (Å²) >= 11 is 0. The van der Waals surface area contributed by atoms with Crippen molar-refractivity contribution >= 4 is 5.82 Å². The molecule has 6 nitrogen and oxygen atoms in total. The number of anilines is 1. The summed E-state index contributed by atoms with van der Waals surface area (Å²) in [5, 5.41) is 11.1. The number of aryl methyl sites for hydroxylation is 1. The minimum absolute atomic E-state index is 0.495. The molecule has 2 heterocycles. The molecule has 0 bridgehead atoms. The monoisotopic (exact) mass is 207 g/mol. The minimum Gasteiger partial charge on any atom is -0.481 e. The van der Waals surface area contributed by atoms with Gasteiger partial charge in [0, 0.05) is 18.7 Å². The highest BCUT2D eigenvalue weighted by Gasteiger charge is 2.13. The second-order valence-electron chi connectivity index (χ2n) is 3.30. The van der Waals surface area contributed by atoms with Crippen molar-refractivity contribution in [1.82, 2.24) is 20.0 Å². The van der Waals surface area contributed by atoms with Gasteiger partial charge in [-0.25, -0.2) is 4.68 Å². The van der Waals surface area contributed by atoms with Crippen molar-refractivity contribution in [3.8, 4) is 17.3 Å². The van der Waals surface area contributed by atoms with E-state index in [1.807, 2.05) is 20.0 Å². The number of nitrogen functional groups attached to an aromatic ring is 1. The Kier molecular flexibility index (Phi) is 2.11. The van der Waals surface area contributed by atoms with Crippen LogP contribution in [0.3, 0.4) is 0 Å². The van der Waals surface area contributed by atoms with E-state index in [4.69, 9.17) is 10.5 Å². The summed E-state index contributed by atoms with van der Waals surface area (Å²) in [6.07, 6.45) is 0. The van der Waals surface area contributed by atoms with Gasteiger partial charge in [-0.2, -0.15) is 10.2 Å². The molecule has 2 aromatic rings. The summed E-state index contributed by atoms with van der Waals surface area (Å²) in [5.74, 6) is 1.19. The molecule has 0 saturated heterocycles. The van der Waals surface area contributed by atoms with Gasteiger partial charge in [-0.1, -0.05) is 0 Å². The van der Waals surface area contributed by atoms with Crippen LogP contribution in [-0.2, 0) is 7.05 Å². The van der Waals surface area contributed by atoms with Crippen molar-refractivity contribution in [2.75, 3.05) is 12.8 Å². The first kappa shape index (κ1) is 9.57. The molecule has 15 heavy (non-hydrogen) atoms. The van der Waals surface area contributed by atoms with Gasteiger partial charge < -0.3 is 10.5 Å². The summed E-state index contributed by atoms with van der Waals surface area (Å²) in [6, 6.07) is 1.83. The Hall–Kier alpha value is -1.98. The van der Waals surface area contributed by atoms with E-state index in [2.05, 4.69) is 15.3 Å². The maximum Gasteiger partial charge on any atom is 0.211 e. The number of hydrogen-bond donors (Lipinski definition) is 2. The molecule has 2 aromatic heterocycles. The summed E-state index contributed by atoms with van der Waals surface area (Å²) in [5.41, 5.74) is 8.15. The molecule has 0 spiro atoms. The average molecular weight is 207 g/mol. The second kappa shape index (κ2) is 3.30. The molecule has 0 atom stereocenters. The predicted octanol–water partition coefficient (Wildman–Crippen LogP) is 0.709. The van der Waals surface area contributed by atoms with Crippen molar-refractivity contribution in [1.29, 1.82) is 0 Å². The van der Waals surface area contributed by atoms with Crippen LogP contribution in [0.4, 0.5) is 5.82 Å². The fourth-order valence-corrected chi connectivity index (χ4v) is 1.42. The van der Waals surface area contributed by atoms with E-state index < -0.39 is 0 Å². The SMILES string of the molecule is COc1cc(-c2[nH]nc(N)c2C)nn1C. The molecule has 3 N–H and O–H groups in total. The third kappa shape index (κ3) is 1.43. The molecule has 0 radical (unpaired) electrons. The van der Waals surface area contributed by atoms with E-state index >= 15 is 0 Å². The molecule has 0 fully saturated rings. The fourth-order valence-electron chi connectivity index (χ4n) is 1.42. The predicted molar refractivity (Wildman–Crippen MR) is 56.5 cm³/mol. The fraction of sp³-hybridized carbons (Fsp3) is 0.333. The Labute approximate surface area is 87.0 Å². The van der Waals surface area contributed by atoms with Gasteiger partial charge >= 0.3 is 0 Å². The molecule has 6 heteroatoms. The number of nitrogens with one attached hydrogen (secondary N) is 1. The lowest BCUT2D eigenvalue weighted by Crippen LogP contribution is -1.94. The van der Waals surface area contributed by atoms with E-state index in [1.54, 1.807) is 11.8 Å². The maximum absolute atomic E-state index is 5.65. The van der Waals surface area contributed by atoms with E-state index in [0.717, 1.165) is 17.0 Å². The van der Waals surface area contributed by atoms with Crippen molar-refractivity contribution in [3.05, 3.63) is 11.6 Å². The highest BCUT2D eigenvalue weighted by molar-refractivity contribution is 5.64. The molecule has 80 valence electrons. The first-order valence-electron chi connectivity index (χ1n) is 4.52. The van der Waals surface area contributed by atoms with Crippen LogP contribution in [0.5, 0.6) is 5.88 Å². The van der Waals surface area contributed by atoms with Crippen LogP contribution in [0.25, 0.3) is 11.4 Å². The number of H-pyrrole nitrogens is 1.